The number of quaternary nitrogens is 9. The number of carbonyl (C=O) groups is 9. The van der Waals surface area contributed by atoms with Crippen molar-refractivity contribution in [2.45, 2.75) is 276 Å². The van der Waals surface area contributed by atoms with Crippen LogP contribution in [0, 0.1) is 0 Å². The summed E-state index contributed by atoms with van der Waals surface area (Å²) in [5.41, 5.74) is 3.69. The fraction of sp³-hybridized carbons (Fsp3) is 0.683. The SMILES string of the molecule is CC(=O)SCC[N+](C)(C)C.CCCC[N+](CC)(CCC)CC(C)OC(=O)c1ccccc1.CCCC[N+](CC)(CCC)CCSC(C)=O.CCC[N+](CC)(CCC)CC(C)OC(=O)c1ccccc1.CCC[N+](CC)(CCC)CCSC(=O)c1ccccc1.CCC[N+](CC)(CCC)CCSC(C)=O.CC[N+](CC)(CC)CCSC(=O)c1ccccc1.CC[N+](CC)(CC)CCSC(C)=O.C[N+](C)(C)CCSC(=O)c1ccccc1. The Bertz CT molecular complexity index is 4170. The second-order valence-corrected chi connectivity index (χ2v) is 50.1. The van der Waals surface area contributed by atoms with Gasteiger partial charge in [-0.3, -0.25) is 33.6 Å². The Labute approximate surface area is 950 Å². The quantitative estimate of drug-likeness (QED) is 0.0265. The number of benzene rings is 5. The number of likely N-dealkylation sites (N-methyl/N-ethyl adjacent to an activating group) is 2. The first-order valence-corrected chi connectivity index (χ1v) is 64.4. The summed E-state index contributed by atoms with van der Waals surface area (Å²) in [6.45, 7) is 92.0. The Balaban J connectivity index is -0.000000806. The minimum atomic E-state index is -0.217. The van der Waals surface area contributed by atoms with Crippen molar-refractivity contribution in [3.63, 3.8) is 0 Å². The lowest BCUT2D eigenvalue weighted by atomic mass is 10.2. The van der Waals surface area contributed by atoms with Crippen molar-refractivity contribution in [2.24, 2.45) is 0 Å². The number of hydrogen-bond donors (Lipinski definition) is 0. The number of ether oxygens (including phenoxy) is 2. The predicted octanol–water partition coefficient (Wildman–Crippen LogP) is 27.4. The summed E-state index contributed by atoms with van der Waals surface area (Å²) in [5.74, 6) is 6.11. The summed E-state index contributed by atoms with van der Waals surface area (Å²) in [6, 6.07) is 47.1. The molecule has 0 fully saturated rings. The summed E-state index contributed by atoms with van der Waals surface area (Å²) in [4.78, 5) is 103. The normalized spacial score (nSPS) is 12.6. The van der Waals surface area contributed by atoms with Crippen molar-refractivity contribution in [3.05, 3.63) is 179 Å². The molecule has 5 aromatic rings. The number of esters is 2. The maximum absolute atomic E-state index is 12.2. The molecule has 20 nitrogen and oxygen atoms in total. The van der Waals surface area contributed by atoms with Crippen molar-refractivity contribution in [3.8, 4) is 0 Å². The lowest BCUT2D eigenvalue weighted by Gasteiger charge is -2.39. The Morgan fingerprint density at radius 3 is 0.587 bits per heavy atom. The second-order valence-electron chi connectivity index (χ2n) is 41.9. The van der Waals surface area contributed by atoms with E-state index in [2.05, 4.69) is 188 Å². The molecule has 0 saturated carbocycles. The van der Waals surface area contributed by atoms with E-state index < -0.39 is 0 Å². The van der Waals surface area contributed by atoms with Crippen molar-refractivity contribution in [2.75, 3.05) is 279 Å². The molecular formula is C123H224N9O11S7+9. The first-order chi connectivity index (χ1) is 71.2. The van der Waals surface area contributed by atoms with Crippen LogP contribution in [0.15, 0.2) is 152 Å². The molecule has 0 spiro atoms. The highest BCUT2D eigenvalue weighted by molar-refractivity contribution is 8.15. The smallest absolute Gasteiger partial charge is 0.338 e. The molecule has 0 N–H and O–H groups in total. The van der Waals surface area contributed by atoms with Crippen molar-refractivity contribution in [1.82, 2.24) is 0 Å². The van der Waals surface area contributed by atoms with Gasteiger partial charge >= 0.3 is 11.9 Å². The highest BCUT2D eigenvalue weighted by Gasteiger charge is 2.33. The standard InChI is InChI=1S/C19H32NO2.C18H30NO2.C17H28NOS.C15H24NOS.C13H28NOS.C12H18NOS.C12H26NOS.C10H22NOS.C7H16NOS/c1-5-8-15-20(7-3,14-6-2)16-17(4)22-19(21)18-12-10-9-11-13-18;1-5-13-19(7-3,14-6-2)15-16(4)21-18(20)17-11-9-8-10-12-17;1-4-12-18(6-3,13-5-2)14-15-20-17(19)16-10-8-7-9-11-16;1-4-16(5-2,6-3)12-13-18-15(17)14-10-8-7-9-11-14;1-5-8-10-14(7-3,9-6-2)11-12-16-13(4)15;1-13(2,3)9-10-15-12(14)11-7-5-4-6-8-11;1-5-8-13(7-3,9-6-2)10-11-15-12(4)14;1-5-11(6-2,7-3)8-9-13-10(4)12;1-7(9)10-6-5-8(2,3)4/h9-13,17H,5-8,14-16H2,1-4H3;8-12,16H,5-7,13-15H2,1-4H3;7-11H,4-6,12-15H2,1-3H3;7-11H,4-6,12-13H2,1-3H3;5-12H2,1-4H3;4-8H,9-10H2,1-3H3;5-11H2,1-4H3;5-9H2,1-4H3;5-6H2,1-4H3/q9*+1. The van der Waals surface area contributed by atoms with E-state index in [1.54, 1.807) is 52.0 Å². The first-order valence-electron chi connectivity index (χ1n) is 57.5. The maximum Gasteiger partial charge on any atom is 0.338 e. The molecule has 0 aliphatic rings. The third-order valence-corrected chi connectivity index (χ3v) is 34.0. The molecule has 4 atom stereocenters. The Morgan fingerprint density at radius 1 is 0.213 bits per heavy atom. The van der Waals surface area contributed by atoms with Gasteiger partial charge in [0.05, 0.1) is 277 Å². The zero-order valence-electron chi connectivity index (χ0n) is 102. The largest absolute Gasteiger partial charge is 0.453 e. The van der Waals surface area contributed by atoms with E-state index in [1.165, 1.54) is 234 Å². The fourth-order valence-electron chi connectivity index (χ4n) is 18.5. The molecule has 0 amide bonds. The van der Waals surface area contributed by atoms with Gasteiger partial charge in [0.2, 0.25) is 15.3 Å². The summed E-state index contributed by atoms with van der Waals surface area (Å²) in [7, 11) is 12.8. The van der Waals surface area contributed by atoms with Crippen molar-refractivity contribution < 1.29 is 93.0 Å². The van der Waals surface area contributed by atoms with Gasteiger partial charge in [-0.1, -0.05) is 292 Å². The minimum Gasteiger partial charge on any atom is -0.453 e. The molecule has 860 valence electrons. The van der Waals surface area contributed by atoms with Gasteiger partial charge in [-0.25, -0.2) is 9.59 Å². The van der Waals surface area contributed by atoms with E-state index in [9.17, 15) is 43.2 Å². The van der Waals surface area contributed by atoms with E-state index in [-0.39, 0.29) is 60.0 Å². The van der Waals surface area contributed by atoms with E-state index in [4.69, 9.17) is 9.47 Å². The number of unbranched alkanes of at least 4 members (excludes halogenated alkanes) is 2. The number of thioether (sulfide) groups is 7. The zero-order chi connectivity index (χ0) is 114. The summed E-state index contributed by atoms with van der Waals surface area (Å²) >= 11 is 10.1. The van der Waals surface area contributed by atoms with Crippen LogP contribution in [-0.2, 0) is 28.7 Å². The van der Waals surface area contributed by atoms with Crippen LogP contribution in [0.25, 0.3) is 0 Å². The van der Waals surface area contributed by atoms with Crippen LogP contribution in [0.1, 0.15) is 316 Å². The van der Waals surface area contributed by atoms with Crippen LogP contribution >= 0.6 is 82.3 Å². The lowest BCUT2D eigenvalue weighted by Crippen LogP contribution is -2.53. The molecule has 150 heavy (non-hydrogen) atoms. The molecule has 0 bridgehead atoms. The molecule has 4 unspecified atom stereocenters. The molecule has 5 rings (SSSR count). The predicted molar refractivity (Wildman–Crippen MR) is 663 cm³/mol. The first kappa shape index (κ1) is 151. The van der Waals surface area contributed by atoms with Crippen LogP contribution < -0.4 is 0 Å². The lowest BCUT2D eigenvalue weighted by molar-refractivity contribution is -0.929. The highest BCUT2D eigenvalue weighted by Crippen LogP contribution is 2.24. The maximum atomic E-state index is 12.2. The van der Waals surface area contributed by atoms with Crippen molar-refractivity contribution in [1.29, 1.82) is 0 Å². The number of hydrogen-bond acceptors (Lipinski definition) is 18. The average molecular weight is 2230 g/mol. The van der Waals surface area contributed by atoms with E-state index in [1.807, 2.05) is 141 Å². The summed E-state index contributed by atoms with van der Waals surface area (Å²) in [5, 5.41) is 1.52. The molecule has 5 aromatic carbocycles. The fourth-order valence-corrected chi connectivity index (χ4v) is 24.7. The van der Waals surface area contributed by atoms with Crippen LogP contribution in [0.5, 0.6) is 0 Å². The van der Waals surface area contributed by atoms with Gasteiger partial charge in [-0.15, -0.1) is 0 Å². The number of nitrogens with zero attached hydrogens (tertiary/aromatic N) is 9. The van der Waals surface area contributed by atoms with E-state index >= 15 is 0 Å². The molecule has 0 heterocycles. The third kappa shape index (κ3) is 74.2. The van der Waals surface area contributed by atoms with Gasteiger partial charge in [0.25, 0.3) is 0 Å². The van der Waals surface area contributed by atoms with Gasteiger partial charge in [-0.05, 0) is 178 Å². The van der Waals surface area contributed by atoms with Crippen LogP contribution in [0.2, 0.25) is 0 Å². The Kier molecular flexibility index (Phi) is 91.4. The molecule has 0 radical (unpaired) electrons. The van der Waals surface area contributed by atoms with Gasteiger partial charge in [0.1, 0.15) is 25.3 Å². The third-order valence-electron chi connectivity index (χ3n) is 28.2. The number of carbonyl (C=O) groups excluding carboxylic acids is 9. The topological polar surface area (TPSA) is 172 Å². The zero-order valence-corrected chi connectivity index (χ0v) is 107. The Hall–Kier alpha value is -5.18. The van der Waals surface area contributed by atoms with Gasteiger partial charge < -0.3 is 49.8 Å². The molecule has 0 aliphatic heterocycles. The molecular weight excluding hydrogens is 2000 g/mol. The Morgan fingerprint density at radius 2 is 0.387 bits per heavy atom. The molecule has 0 aromatic heterocycles. The summed E-state index contributed by atoms with van der Waals surface area (Å²) in [6.07, 6.45) is 14.5. The van der Waals surface area contributed by atoms with Gasteiger partial charge in [0, 0.05) is 44.4 Å². The van der Waals surface area contributed by atoms with Crippen LogP contribution in [0.4, 0.5) is 0 Å². The van der Waals surface area contributed by atoms with Gasteiger partial charge in [0.15, 0.2) is 20.5 Å². The van der Waals surface area contributed by atoms with Crippen LogP contribution in [-0.4, -0.2) is 379 Å². The second kappa shape index (κ2) is 90.7. The summed E-state index contributed by atoms with van der Waals surface area (Å²) < 4.78 is 21.0. The highest BCUT2D eigenvalue weighted by atomic mass is 32.2. The monoisotopic (exact) mass is 2230 g/mol. The van der Waals surface area contributed by atoms with E-state index in [0.717, 1.165) is 219 Å². The van der Waals surface area contributed by atoms with Crippen molar-refractivity contribution >= 4 is 130 Å². The van der Waals surface area contributed by atoms with E-state index in [0.29, 0.717) is 11.1 Å². The van der Waals surface area contributed by atoms with Crippen LogP contribution in [0.3, 0.4) is 0 Å². The number of rotatable bonds is 65. The molecule has 27 heteroatoms. The molecule has 0 aliphatic carbocycles. The minimum absolute atomic E-state index is 0.0592. The van der Waals surface area contributed by atoms with Gasteiger partial charge in [-0.2, -0.15) is 0 Å². The molecule has 0 saturated heterocycles. The average Bonchev–Trinajstić information content (AvgIpc) is 0.863.